The third-order valence-electron chi connectivity index (χ3n) is 4.76. The van der Waals surface area contributed by atoms with Crippen molar-refractivity contribution in [1.82, 2.24) is 29.4 Å². The fourth-order valence-corrected chi connectivity index (χ4v) is 3.31. The van der Waals surface area contributed by atoms with Crippen LogP contribution in [0.25, 0.3) is 5.65 Å². The number of carbonyl (C=O) groups excluding carboxylic acids is 1. The van der Waals surface area contributed by atoms with Crippen molar-refractivity contribution < 1.29 is 4.79 Å². The van der Waals surface area contributed by atoms with Crippen LogP contribution in [0.15, 0.2) is 48.9 Å². The zero-order valence-corrected chi connectivity index (χ0v) is 15.4. The summed E-state index contributed by atoms with van der Waals surface area (Å²) in [6, 6.07) is 9.79. The zero-order valence-electron chi connectivity index (χ0n) is 15.4. The minimum absolute atomic E-state index is 0.158. The van der Waals surface area contributed by atoms with Gasteiger partial charge in [-0.3, -0.25) is 14.7 Å². The van der Waals surface area contributed by atoms with Gasteiger partial charge in [0.05, 0.1) is 12.2 Å². The van der Waals surface area contributed by atoms with Gasteiger partial charge in [0.2, 0.25) is 5.91 Å². The molecule has 0 aliphatic carbocycles. The van der Waals surface area contributed by atoms with E-state index in [1.54, 1.807) is 16.9 Å². The molecule has 4 heterocycles. The lowest BCUT2D eigenvalue weighted by atomic mass is 10.3. The van der Waals surface area contributed by atoms with Crippen LogP contribution in [-0.2, 0) is 11.3 Å². The Morgan fingerprint density at radius 1 is 1.07 bits per heavy atom. The summed E-state index contributed by atoms with van der Waals surface area (Å²) < 4.78 is 1.78. The van der Waals surface area contributed by atoms with Gasteiger partial charge in [0.25, 0.3) is 0 Å². The molecule has 1 aliphatic rings. The zero-order chi connectivity index (χ0) is 18.6. The lowest BCUT2D eigenvalue weighted by Crippen LogP contribution is -2.51. The fraction of sp³-hybridized carbons (Fsp3) is 0.368. The fourth-order valence-electron chi connectivity index (χ4n) is 3.31. The molecule has 1 aliphatic heterocycles. The molecule has 1 amide bonds. The molecular weight excluding hydrogens is 342 g/mol. The van der Waals surface area contributed by atoms with Crippen molar-refractivity contribution in [2.24, 2.45) is 0 Å². The lowest BCUT2D eigenvalue weighted by Gasteiger charge is -2.36. The summed E-state index contributed by atoms with van der Waals surface area (Å²) >= 11 is 0. The van der Waals surface area contributed by atoms with E-state index >= 15 is 0 Å². The Bertz CT molecular complexity index is 903. The van der Waals surface area contributed by atoms with Crippen molar-refractivity contribution in [1.29, 1.82) is 0 Å². The molecule has 0 radical (unpaired) electrons. The number of anilines is 1. The molecule has 0 aromatic carbocycles. The number of piperazine rings is 1. The van der Waals surface area contributed by atoms with Gasteiger partial charge < -0.3 is 9.80 Å². The van der Waals surface area contributed by atoms with Gasteiger partial charge in [-0.05, 0) is 31.3 Å². The van der Waals surface area contributed by atoms with Crippen molar-refractivity contribution in [2.75, 3.05) is 44.7 Å². The second-order valence-corrected chi connectivity index (χ2v) is 6.78. The predicted octanol–water partition coefficient (Wildman–Crippen LogP) is 0.905. The molecular formula is C19H23N7O. The molecule has 0 atom stereocenters. The van der Waals surface area contributed by atoms with Gasteiger partial charge in [0.15, 0.2) is 5.65 Å². The summed E-state index contributed by atoms with van der Waals surface area (Å²) in [5.74, 6) is 1.07. The lowest BCUT2D eigenvalue weighted by molar-refractivity contribution is -0.132. The number of pyridine rings is 1. The number of carbonyl (C=O) groups is 1. The van der Waals surface area contributed by atoms with Crippen molar-refractivity contribution in [3.8, 4) is 0 Å². The average Bonchev–Trinajstić information content (AvgIpc) is 3.16. The SMILES string of the molecule is CN(CC(=O)N1CCN(c2ccc3nccn3n2)CC1)Cc1ccccn1. The summed E-state index contributed by atoms with van der Waals surface area (Å²) in [6.45, 7) is 4.04. The molecule has 0 saturated carbocycles. The quantitative estimate of drug-likeness (QED) is 0.669. The van der Waals surface area contributed by atoms with Crippen LogP contribution in [0.1, 0.15) is 5.69 Å². The van der Waals surface area contributed by atoms with E-state index in [0.717, 1.165) is 30.2 Å². The van der Waals surface area contributed by atoms with Gasteiger partial charge in [-0.2, -0.15) is 0 Å². The van der Waals surface area contributed by atoms with E-state index in [-0.39, 0.29) is 5.91 Å². The summed E-state index contributed by atoms with van der Waals surface area (Å²) in [4.78, 5) is 27.3. The van der Waals surface area contributed by atoms with E-state index in [1.807, 2.05) is 53.4 Å². The van der Waals surface area contributed by atoms with Crippen LogP contribution in [0.3, 0.4) is 0 Å². The molecule has 3 aromatic rings. The Hall–Kier alpha value is -3.00. The highest BCUT2D eigenvalue weighted by molar-refractivity contribution is 5.78. The number of hydrogen-bond acceptors (Lipinski definition) is 6. The molecule has 140 valence electrons. The Morgan fingerprint density at radius 2 is 1.93 bits per heavy atom. The first-order valence-corrected chi connectivity index (χ1v) is 9.10. The molecule has 0 bridgehead atoms. The van der Waals surface area contributed by atoms with Crippen molar-refractivity contribution in [2.45, 2.75) is 6.54 Å². The summed E-state index contributed by atoms with van der Waals surface area (Å²) in [7, 11) is 1.95. The Kier molecular flexibility index (Phi) is 4.97. The molecule has 1 fully saturated rings. The van der Waals surface area contributed by atoms with Crippen LogP contribution in [-0.4, -0.2) is 75.1 Å². The van der Waals surface area contributed by atoms with Gasteiger partial charge in [0.1, 0.15) is 5.82 Å². The van der Waals surface area contributed by atoms with E-state index in [0.29, 0.717) is 26.2 Å². The van der Waals surface area contributed by atoms with Gasteiger partial charge in [0, 0.05) is 51.3 Å². The predicted molar refractivity (Wildman–Crippen MR) is 102 cm³/mol. The topological polar surface area (TPSA) is 69.9 Å². The van der Waals surface area contributed by atoms with Crippen LogP contribution in [0.2, 0.25) is 0 Å². The largest absolute Gasteiger partial charge is 0.352 e. The highest BCUT2D eigenvalue weighted by Gasteiger charge is 2.23. The molecule has 1 saturated heterocycles. The number of likely N-dealkylation sites (N-methyl/N-ethyl adjacent to an activating group) is 1. The minimum Gasteiger partial charge on any atom is -0.352 e. The molecule has 4 rings (SSSR count). The standard InChI is InChI=1S/C19H23N7O/c1-23(14-16-4-2-3-7-20-16)15-19(27)25-12-10-24(11-13-25)18-6-5-17-21-8-9-26(17)22-18/h2-9H,10-15H2,1H3. The second kappa shape index (κ2) is 7.71. The number of aromatic nitrogens is 4. The molecule has 27 heavy (non-hydrogen) atoms. The summed E-state index contributed by atoms with van der Waals surface area (Å²) in [5, 5.41) is 4.59. The van der Waals surface area contributed by atoms with Gasteiger partial charge >= 0.3 is 0 Å². The number of hydrogen-bond donors (Lipinski definition) is 0. The number of imidazole rings is 1. The highest BCUT2D eigenvalue weighted by Crippen LogP contribution is 2.14. The van der Waals surface area contributed by atoms with E-state index in [9.17, 15) is 4.79 Å². The first-order valence-electron chi connectivity index (χ1n) is 9.10. The Labute approximate surface area is 158 Å². The molecule has 3 aromatic heterocycles. The molecule has 0 unspecified atom stereocenters. The normalized spacial score (nSPS) is 14.9. The average molecular weight is 365 g/mol. The maximum absolute atomic E-state index is 12.6. The Balaban J connectivity index is 1.29. The van der Waals surface area contributed by atoms with Crippen LogP contribution < -0.4 is 4.90 Å². The van der Waals surface area contributed by atoms with E-state index < -0.39 is 0 Å². The van der Waals surface area contributed by atoms with Crippen LogP contribution in [0.4, 0.5) is 5.82 Å². The van der Waals surface area contributed by atoms with Gasteiger partial charge in [-0.1, -0.05) is 6.07 Å². The maximum atomic E-state index is 12.6. The first kappa shape index (κ1) is 17.4. The van der Waals surface area contributed by atoms with Crippen molar-refractivity contribution in [3.63, 3.8) is 0 Å². The Morgan fingerprint density at radius 3 is 2.70 bits per heavy atom. The van der Waals surface area contributed by atoms with Crippen molar-refractivity contribution >= 4 is 17.4 Å². The molecule has 8 heteroatoms. The molecule has 0 spiro atoms. The van der Waals surface area contributed by atoms with Crippen LogP contribution in [0.5, 0.6) is 0 Å². The molecule has 8 nitrogen and oxygen atoms in total. The highest BCUT2D eigenvalue weighted by atomic mass is 16.2. The van der Waals surface area contributed by atoms with E-state index in [4.69, 9.17) is 0 Å². The smallest absolute Gasteiger partial charge is 0.236 e. The van der Waals surface area contributed by atoms with E-state index in [2.05, 4.69) is 20.0 Å². The van der Waals surface area contributed by atoms with E-state index in [1.165, 1.54) is 0 Å². The second-order valence-electron chi connectivity index (χ2n) is 6.78. The van der Waals surface area contributed by atoms with Gasteiger partial charge in [-0.25, -0.2) is 9.50 Å². The van der Waals surface area contributed by atoms with Crippen LogP contribution in [0, 0.1) is 0 Å². The minimum atomic E-state index is 0.158. The number of nitrogens with zero attached hydrogens (tertiary/aromatic N) is 7. The first-order chi connectivity index (χ1) is 13.2. The maximum Gasteiger partial charge on any atom is 0.236 e. The molecule has 0 N–H and O–H groups in total. The number of fused-ring (bicyclic) bond motifs is 1. The summed E-state index contributed by atoms with van der Waals surface area (Å²) in [6.07, 6.45) is 5.36. The van der Waals surface area contributed by atoms with Crippen molar-refractivity contribution in [3.05, 3.63) is 54.6 Å². The summed E-state index contributed by atoms with van der Waals surface area (Å²) in [5.41, 5.74) is 1.81. The number of rotatable bonds is 5. The van der Waals surface area contributed by atoms with Gasteiger partial charge in [-0.15, -0.1) is 5.10 Å². The third kappa shape index (κ3) is 4.06. The monoisotopic (exact) mass is 365 g/mol. The third-order valence-corrected chi connectivity index (χ3v) is 4.76. The van der Waals surface area contributed by atoms with Crippen LogP contribution >= 0.6 is 0 Å². The number of amides is 1.